The van der Waals surface area contributed by atoms with E-state index >= 15 is 0 Å². The number of hydrogen-bond donors (Lipinski definition) is 2. The van der Waals surface area contributed by atoms with Gasteiger partial charge in [-0.25, -0.2) is 0 Å². The molecule has 1 aromatic rings. The van der Waals surface area contributed by atoms with Crippen molar-refractivity contribution in [1.29, 1.82) is 0 Å². The number of aliphatic hydroxyl groups excluding tert-OH is 2. The maximum atomic E-state index is 10.2. The first-order valence-electron chi connectivity index (χ1n) is 6.39. The van der Waals surface area contributed by atoms with Gasteiger partial charge in [0.15, 0.2) is 0 Å². The van der Waals surface area contributed by atoms with Gasteiger partial charge in [-0.2, -0.15) is 0 Å². The number of aliphatic hydroxyl groups is 2. The smallest absolute Gasteiger partial charge is 0.0917 e. The van der Waals surface area contributed by atoms with Crippen LogP contribution in [0, 0.1) is 0 Å². The van der Waals surface area contributed by atoms with Gasteiger partial charge in [-0.05, 0) is 24.9 Å². The third-order valence-electron chi connectivity index (χ3n) is 3.55. The lowest BCUT2D eigenvalue weighted by Crippen LogP contribution is -2.43. The fourth-order valence-electron chi connectivity index (χ4n) is 2.51. The zero-order chi connectivity index (χ0) is 12.1. The van der Waals surface area contributed by atoms with E-state index in [4.69, 9.17) is 0 Å². The number of nitrogens with zero attached hydrogens (tertiary/aromatic N) is 1. The molecule has 1 aliphatic heterocycles. The highest BCUT2D eigenvalue weighted by molar-refractivity contribution is 5.17. The van der Waals surface area contributed by atoms with Crippen LogP contribution < -0.4 is 0 Å². The lowest BCUT2D eigenvalue weighted by molar-refractivity contribution is 0.0417. The Morgan fingerprint density at radius 1 is 1.24 bits per heavy atom. The highest BCUT2D eigenvalue weighted by atomic mass is 16.3. The van der Waals surface area contributed by atoms with E-state index in [1.54, 1.807) is 0 Å². The molecule has 1 aliphatic rings. The summed E-state index contributed by atoms with van der Waals surface area (Å²) in [6.07, 6.45) is 2.93. The molecule has 1 saturated heterocycles. The van der Waals surface area contributed by atoms with Crippen molar-refractivity contribution in [2.24, 2.45) is 0 Å². The van der Waals surface area contributed by atoms with Crippen molar-refractivity contribution in [3.63, 3.8) is 0 Å². The normalized spacial score (nSPS) is 23.5. The van der Waals surface area contributed by atoms with Crippen LogP contribution in [-0.2, 0) is 0 Å². The van der Waals surface area contributed by atoms with E-state index in [9.17, 15) is 10.2 Å². The highest BCUT2D eigenvalue weighted by Gasteiger charge is 2.23. The minimum absolute atomic E-state index is 0.196. The topological polar surface area (TPSA) is 43.7 Å². The third kappa shape index (κ3) is 3.28. The summed E-state index contributed by atoms with van der Waals surface area (Å²) >= 11 is 0. The number of piperidine rings is 1. The van der Waals surface area contributed by atoms with Crippen LogP contribution in [-0.4, -0.2) is 40.9 Å². The molecule has 1 fully saturated rings. The molecule has 0 aliphatic carbocycles. The summed E-state index contributed by atoms with van der Waals surface area (Å²) < 4.78 is 0. The van der Waals surface area contributed by atoms with E-state index in [1.807, 2.05) is 30.3 Å². The molecule has 0 amide bonds. The van der Waals surface area contributed by atoms with E-state index < -0.39 is 6.10 Å². The van der Waals surface area contributed by atoms with Gasteiger partial charge >= 0.3 is 0 Å². The fraction of sp³-hybridized carbons (Fsp3) is 0.571. The van der Waals surface area contributed by atoms with Gasteiger partial charge in [0, 0.05) is 12.6 Å². The molecule has 17 heavy (non-hydrogen) atoms. The van der Waals surface area contributed by atoms with Crippen molar-refractivity contribution in [2.45, 2.75) is 31.4 Å². The zero-order valence-electron chi connectivity index (χ0n) is 10.1. The van der Waals surface area contributed by atoms with Crippen LogP contribution in [0.2, 0.25) is 0 Å². The molecule has 1 heterocycles. The third-order valence-corrected chi connectivity index (χ3v) is 3.55. The van der Waals surface area contributed by atoms with Gasteiger partial charge < -0.3 is 10.2 Å². The maximum Gasteiger partial charge on any atom is 0.0917 e. The largest absolute Gasteiger partial charge is 0.395 e. The molecule has 0 saturated carbocycles. The second-order valence-electron chi connectivity index (χ2n) is 4.75. The van der Waals surface area contributed by atoms with Crippen molar-refractivity contribution >= 4 is 0 Å². The van der Waals surface area contributed by atoms with Crippen molar-refractivity contribution < 1.29 is 10.2 Å². The Morgan fingerprint density at radius 2 is 2.00 bits per heavy atom. The number of hydrogen-bond acceptors (Lipinski definition) is 3. The average Bonchev–Trinajstić information content (AvgIpc) is 2.40. The Bertz CT molecular complexity index is 328. The summed E-state index contributed by atoms with van der Waals surface area (Å²) in [7, 11) is 0. The molecule has 0 radical (unpaired) electrons. The van der Waals surface area contributed by atoms with Crippen LogP contribution >= 0.6 is 0 Å². The molecule has 0 spiro atoms. The Morgan fingerprint density at radius 3 is 2.71 bits per heavy atom. The molecule has 2 N–H and O–H groups in total. The Kier molecular flexibility index (Phi) is 4.54. The number of rotatable bonds is 4. The van der Waals surface area contributed by atoms with Gasteiger partial charge in [0.05, 0.1) is 12.7 Å². The van der Waals surface area contributed by atoms with Gasteiger partial charge in [0.2, 0.25) is 0 Å². The number of β-amino-alcohol motifs (C(OH)–C–C–N with tert-alkyl or cyclic N) is 1. The Hall–Kier alpha value is -0.900. The Balaban J connectivity index is 1.95. The maximum absolute atomic E-state index is 10.2. The molecular formula is C14H21NO2. The van der Waals surface area contributed by atoms with Crippen LogP contribution in [0.5, 0.6) is 0 Å². The molecule has 0 aromatic heterocycles. The van der Waals surface area contributed by atoms with Crippen molar-refractivity contribution in [2.75, 3.05) is 19.7 Å². The molecule has 3 nitrogen and oxygen atoms in total. The van der Waals surface area contributed by atoms with E-state index in [0.29, 0.717) is 6.54 Å². The zero-order valence-corrected chi connectivity index (χ0v) is 10.1. The SMILES string of the molecule is OC[C@H]1CCCCN1CC(O)c1ccccc1. The van der Waals surface area contributed by atoms with E-state index in [0.717, 1.165) is 24.9 Å². The summed E-state index contributed by atoms with van der Waals surface area (Å²) in [6.45, 7) is 1.80. The number of benzene rings is 1. The minimum atomic E-state index is -0.455. The van der Waals surface area contributed by atoms with Gasteiger partial charge in [-0.15, -0.1) is 0 Å². The van der Waals surface area contributed by atoms with Crippen LogP contribution in [0.25, 0.3) is 0 Å². The standard InChI is InChI=1S/C14H21NO2/c16-11-13-8-4-5-9-15(13)10-14(17)12-6-2-1-3-7-12/h1-3,6-7,13-14,16-17H,4-5,8-11H2/t13-,14?/m1/s1. The van der Waals surface area contributed by atoms with Gasteiger partial charge in [-0.1, -0.05) is 36.8 Å². The summed E-state index contributed by atoms with van der Waals surface area (Å²) in [4.78, 5) is 2.21. The minimum Gasteiger partial charge on any atom is -0.395 e. The van der Waals surface area contributed by atoms with Crippen molar-refractivity contribution in [3.05, 3.63) is 35.9 Å². The first-order valence-corrected chi connectivity index (χ1v) is 6.39. The van der Waals surface area contributed by atoms with Crippen LogP contribution in [0.1, 0.15) is 30.9 Å². The predicted molar refractivity (Wildman–Crippen MR) is 67.7 cm³/mol. The Labute approximate surface area is 103 Å². The van der Waals surface area contributed by atoms with Crippen LogP contribution in [0.3, 0.4) is 0 Å². The van der Waals surface area contributed by atoms with E-state index in [1.165, 1.54) is 6.42 Å². The first kappa shape index (κ1) is 12.6. The lowest BCUT2D eigenvalue weighted by atomic mass is 10.0. The predicted octanol–water partition coefficient (Wildman–Crippen LogP) is 1.57. The van der Waals surface area contributed by atoms with Crippen molar-refractivity contribution in [1.82, 2.24) is 4.90 Å². The van der Waals surface area contributed by atoms with Crippen molar-refractivity contribution in [3.8, 4) is 0 Å². The second kappa shape index (κ2) is 6.15. The van der Waals surface area contributed by atoms with Gasteiger partial charge in [0.1, 0.15) is 0 Å². The molecular weight excluding hydrogens is 214 g/mol. The summed E-state index contributed by atoms with van der Waals surface area (Å²) in [5.74, 6) is 0. The lowest BCUT2D eigenvalue weighted by Gasteiger charge is -2.35. The first-order chi connectivity index (χ1) is 8.31. The molecule has 1 unspecified atom stereocenters. The van der Waals surface area contributed by atoms with Gasteiger partial charge in [0.25, 0.3) is 0 Å². The molecule has 2 atom stereocenters. The molecule has 94 valence electrons. The number of likely N-dealkylation sites (tertiary alicyclic amines) is 1. The summed E-state index contributed by atoms with van der Waals surface area (Å²) in [5.41, 5.74) is 0.953. The van der Waals surface area contributed by atoms with Crippen LogP contribution in [0.15, 0.2) is 30.3 Å². The van der Waals surface area contributed by atoms with E-state index in [-0.39, 0.29) is 12.6 Å². The molecule has 2 rings (SSSR count). The second-order valence-corrected chi connectivity index (χ2v) is 4.75. The quantitative estimate of drug-likeness (QED) is 0.832. The average molecular weight is 235 g/mol. The van der Waals surface area contributed by atoms with Gasteiger partial charge in [-0.3, -0.25) is 4.90 Å². The highest BCUT2D eigenvalue weighted by Crippen LogP contribution is 2.21. The molecule has 0 bridgehead atoms. The molecule has 3 heteroatoms. The monoisotopic (exact) mass is 235 g/mol. The fourth-order valence-corrected chi connectivity index (χ4v) is 2.51. The summed E-state index contributed by atoms with van der Waals surface area (Å²) in [5, 5.41) is 19.5. The molecule has 1 aromatic carbocycles. The summed E-state index contributed by atoms with van der Waals surface area (Å²) in [6, 6.07) is 9.96. The van der Waals surface area contributed by atoms with Crippen LogP contribution in [0.4, 0.5) is 0 Å². The van der Waals surface area contributed by atoms with E-state index in [2.05, 4.69) is 4.90 Å².